The van der Waals surface area contributed by atoms with E-state index in [0.717, 1.165) is 38.3 Å². The van der Waals surface area contributed by atoms with Crippen LogP contribution in [0.15, 0.2) is 97.1 Å². The second-order valence-corrected chi connectivity index (χ2v) is 12.4. The minimum atomic E-state index is -1.24. The summed E-state index contributed by atoms with van der Waals surface area (Å²) in [6.45, 7) is 4.50. The van der Waals surface area contributed by atoms with Gasteiger partial charge in [-0.1, -0.05) is 86.6 Å². The molecule has 4 aromatic rings. The first-order valence-electron chi connectivity index (χ1n) is 18.1. The van der Waals surface area contributed by atoms with Crippen molar-refractivity contribution in [1.29, 1.82) is 0 Å². The summed E-state index contributed by atoms with van der Waals surface area (Å²) < 4.78 is 19.2. The zero-order valence-corrected chi connectivity index (χ0v) is 34.9. The fraction of sp³-hybridized carbons (Fsp3) is 0.318. The summed E-state index contributed by atoms with van der Waals surface area (Å²) in [6.07, 6.45) is 0.468. The Hall–Kier alpha value is -5.73. The Morgan fingerprint density at radius 2 is 0.948 bits per heavy atom. The van der Waals surface area contributed by atoms with E-state index in [0.29, 0.717) is 30.8 Å². The van der Waals surface area contributed by atoms with Crippen molar-refractivity contribution in [2.75, 3.05) is 42.5 Å². The van der Waals surface area contributed by atoms with Gasteiger partial charge >= 0.3 is 17.9 Å². The topological polar surface area (TPSA) is 175 Å². The number of nitrogens with zero attached hydrogens (tertiary/aromatic N) is 1. The molecule has 0 saturated heterocycles. The van der Waals surface area contributed by atoms with Gasteiger partial charge in [0.15, 0.2) is 23.7 Å². The van der Waals surface area contributed by atoms with Gasteiger partial charge in [-0.3, -0.25) is 14.4 Å². The smallest absolute Gasteiger partial charge is 0.336 e. The van der Waals surface area contributed by atoms with E-state index in [1.807, 2.05) is 72.8 Å². The number of hydrogen-bond donors (Lipinski definition) is 2. The molecule has 0 aliphatic carbocycles. The summed E-state index contributed by atoms with van der Waals surface area (Å²) >= 11 is 0. The van der Waals surface area contributed by atoms with Crippen LogP contribution >= 0.6 is 12.4 Å². The monoisotopic (exact) mass is 820 g/mol. The number of rotatable bonds is 16. The van der Waals surface area contributed by atoms with E-state index in [1.54, 1.807) is 59.4 Å². The molecule has 2 unspecified atom stereocenters. The lowest BCUT2D eigenvalue weighted by Crippen LogP contribution is -2.48. The van der Waals surface area contributed by atoms with Gasteiger partial charge in [-0.05, 0) is 64.7 Å². The molecule has 1 amide bonds. The molecular formula is C44H53ClN2O11. The standard InChI is InChI=1S/C22H25NO5.C15H14O3.C7H13NO3.ClH/c1-5-19(24)20(22(26)28-4)23(2)21(25)18-12-10-17(11-13-18)16-8-6-15(7-9-16)14-27-3;1-18-10-11-2-4-12(5-3-11)13-6-8-14(9-7-13)15(16)17;1-4-5(9)6(8-2)7(10)11-3;/h6-13,20H,5,14H2,1-4H3;2-9H,10H2,1H3,(H,16,17);6,8H,4H2,1-3H3;1H. The number of esters is 2. The largest absolute Gasteiger partial charge is 0.478 e. The summed E-state index contributed by atoms with van der Waals surface area (Å²) in [5.74, 6) is -3.11. The fourth-order valence-corrected chi connectivity index (χ4v) is 5.39. The molecule has 312 valence electrons. The fourth-order valence-electron chi connectivity index (χ4n) is 5.39. The second kappa shape index (κ2) is 26.2. The number of carbonyl (C=O) groups excluding carboxylic acids is 5. The van der Waals surface area contributed by atoms with Crippen LogP contribution in [-0.4, -0.2) is 100 Å². The van der Waals surface area contributed by atoms with E-state index >= 15 is 0 Å². The number of halogens is 1. The highest BCUT2D eigenvalue weighted by molar-refractivity contribution is 6.08. The third kappa shape index (κ3) is 15.0. The number of carboxylic acids is 1. The third-order valence-corrected chi connectivity index (χ3v) is 8.64. The van der Waals surface area contributed by atoms with Gasteiger partial charge in [-0.15, -0.1) is 12.4 Å². The highest BCUT2D eigenvalue weighted by Crippen LogP contribution is 2.23. The zero-order chi connectivity index (χ0) is 42.5. The maximum Gasteiger partial charge on any atom is 0.336 e. The maximum atomic E-state index is 12.7. The van der Waals surface area contributed by atoms with Crippen LogP contribution in [-0.2, 0) is 51.3 Å². The van der Waals surface area contributed by atoms with Gasteiger partial charge in [0, 0.05) is 39.7 Å². The first-order valence-corrected chi connectivity index (χ1v) is 18.1. The van der Waals surface area contributed by atoms with E-state index in [1.165, 1.54) is 21.3 Å². The van der Waals surface area contributed by atoms with Crippen molar-refractivity contribution in [3.05, 3.63) is 119 Å². The number of benzene rings is 4. The van der Waals surface area contributed by atoms with Crippen molar-refractivity contribution in [3.63, 3.8) is 0 Å². The van der Waals surface area contributed by atoms with Crippen molar-refractivity contribution < 1.29 is 52.8 Å². The highest BCUT2D eigenvalue weighted by atomic mass is 35.5. The van der Waals surface area contributed by atoms with Crippen LogP contribution in [0.1, 0.15) is 58.5 Å². The molecule has 13 nitrogen and oxygen atoms in total. The number of amides is 1. The van der Waals surface area contributed by atoms with Crippen molar-refractivity contribution in [1.82, 2.24) is 10.2 Å². The molecule has 4 rings (SSSR count). The van der Waals surface area contributed by atoms with Crippen LogP contribution in [0, 0.1) is 0 Å². The van der Waals surface area contributed by atoms with Gasteiger partial charge in [0.2, 0.25) is 0 Å². The minimum absolute atomic E-state index is 0. The summed E-state index contributed by atoms with van der Waals surface area (Å²) in [4.78, 5) is 70.5. The number of hydrogen-bond acceptors (Lipinski definition) is 11. The molecule has 0 aliphatic heterocycles. The van der Waals surface area contributed by atoms with Crippen molar-refractivity contribution in [3.8, 4) is 22.3 Å². The predicted octanol–water partition coefficient (Wildman–Crippen LogP) is 6.44. The highest BCUT2D eigenvalue weighted by Gasteiger charge is 2.33. The van der Waals surface area contributed by atoms with E-state index in [9.17, 15) is 28.8 Å². The quantitative estimate of drug-likeness (QED) is 0.0937. The molecule has 0 aromatic heterocycles. The molecule has 58 heavy (non-hydrogen) atoms. The molecule has 0 fully saturated rings. The molecule has 14 heteroatoms. The molecule has 0 spiro atoms. The van der Waals surface area contributed by atoms with Crippen molar-refractivity contribution in [2.45, 2.75) is 52.0 Å². The van der Waals surface area contributed by atoms with Gasteiger partial charge in [0.25, 0.3) is 5.91 Å². The molecule has 4 aromatic carbocycles. The van der Waals surface area contributed by atoms with Crippen LogP contribution in [0.3, 0.4) is 0 Å². The number of Topliss-reactive ketones (excluding diaryl/α,β-unsaturated/α-hetero) is 2. The Morgan fingerprint density at radius 1 is 0.586 bits per heavy atom. The SMILES string of the molecule is CCC(=O)C(C(=O)OC)N(C)C(=O)c1ccc(-c2ccc(COC)cc2)cc1.CCC(=O)C(NC)C(=O)OC.COCc1ccc(-c2ccc(C(=O)O)cc2)cc1.Cl. The molecule has 0 saturated carbocycles. The molecular weight excluding hydrogens is 768 g/mol. The normalized spacial score (nSPS) is 11.1. The van der Waals surface area contributed by atoms with Crippen LogP contribution in [0.2, 0.25) is 0 Å². The Morgan fingerprint density at radius 3 is 1.26 bits per heavy atom. The van der Waals surface area contributed by atoms with Crippen molar-refractivity contribution in [2.24, 2.45) is 0 Å². The van der Waals surface area contributed by atoms with Crippen LogP contribution in [0.5, 0.6) is 0 Å². The Balaban J connectivity index is 0.000000480. The lowest BCUT2D eigenvalue weighted by molar-refractivity contribution is -0.150. The van der Waals surface area contributed by atoms with Crippen LogP contribution < -0.4 is 5.32 Å². The Bertz CT molecular complexity index is 1880. The van der Waals surface area contributed by atoms with Crippen LogP contribution in [0.25, 0.3) is 22.3 Å². The number of methoxy groups -OCH3 is 4. The number of aromatic carboxylic acids is 1. The summed E-state index contributed by atoms with van der Waals surface area (Å²) in [7, 11) is 8.76. The van der Waals surface area contributed by atoms with Gasteiger partial charge in [-0.2, -0.15) is 0 Å². The number of ketones is 2. The minimum Gasteiger partial charge on any atom is -0.478 e. The van der Waals surface area contributed by atoms with E-state index in [2.05, 4.69) is 14.8 Å². The average molecular weight is 821 g/mol. The van der Waals surface area contributed by atoms with Gasteiger partial charge < -0.3 is 34.3 Å². The van der Waals surface area contributed by atoms with Crippen molar-refractivity contribution >= 4 is 47.8 Å². The number of carboxylic acid groups (broad SMARTS) is 1. The summed E-state index contributed by atoms with van der Waals surface area (Å²) in [5, 5.41) is 11.4. The van der Waals surface area contributed by atoms with E-state index in [-0.39, 0.29) is 30.4 Å². The molecule has 0 radical (unpaired) electrons. The third-order valence-electron chi connectivity index (χ3n) is 8.64. The molecule has 2 atom stereocenters. The zero-order valence-electron chi connectivity index (χ0n) is 34.1. The van der Waals surface area contributed by atoms with Crippen LogP contribution in [0.4, 0.5) is 0 Å². The Labute approximate surface area is 346 Å². The summed E-state index contributed by atoms with van der Waals surface area (Å²) in [5.41, 5.74) is 6.92. The molecule has 0 heterocycles. The number of carbonyl (C=O) groups is 6. The van der Waals surface area contributed by atoms with E-state index < -0.39 is 35.9 Å². The van der Waals surface area contributed by atoms with E-state index in [4.69, 9.17) is 14.6 Å². The number of likely N-dealkylation sites (N-methyl/N-ethyl adjacent to an activating group) is 2. The number of nitrogens with one attached hydrogen (secondary N) is 1. The first kappa shape index (κ1) is 50.3. The predicted molar refractivity (Wildman–Crippen MR) is 223 cm³/mol. The average Bonchev–Trinajstić information content (AvgIpc) is 3.24. The van der Waals surface area contributed by atoms with Gasteiger partial charge in [-0.25, -0.2) is 14.4 Å². The van der Waals surface area contributed by atoms with Gasteiger partial charge in [0.05, 0.1) is 33.0 Å². The first-order chi connectivity index (χ1) is 27.3. The molecule has 2 N–H and O–H groups in total. The number of ether oxygens (including phenoxy) is 4. The Kier molecular flexibility index (Phi) is 22.8. The molecule has 0 aliphatic rings. The summed E-state index contributed by atoms with van der Waals surface area (Å²) in [6, 6.07) is 27.8. The maximum absolute atomic E-state index is 12.7. The second-order valence-electron chi connectivity index (χ2n) is 12.4. The molecule has 0 bridgehead atoms. The lowest BCUT2D eigenvalue weighted by atomic mass is 10.0. The lowest BCUT2D eigenvalue weighted by Gasteiger charge is -2.24. The van der Waals surface area contributed by atoms with Gasteiger partial charge in [0.1, 0.15) is 0 Å².